The molecule has 0 atom stereocenters. The second-order valence-corrected chi connectivity index (χ2v) is 10.4. The van der Waals surface area contributed by atoms with Crippen LogP contribution in [0, 0.1) is 6.92 Å². The van der Waals surface area contributed by atoms with Gasteiger partial charge in [-0.15, -0.1) is 11.3 Å². The van der Waals surface area contributed by atoms with Crippen molar-refractivity contribution in [1.82, 2.24) is 4.98 Å². The van der Waals surface area contributed by atoms with Crippen molar-refractivity contribution in [2.45, 2.75) is 24.1 Å². The Labute approximate surface area is 168 Å². The van der Waals surface area contributed by atoms with Crippen molar-refractivity contribution in [3.8, 4) is 5.75 Å². The first-order valence-corrected chi connectivity index (χ1v) is 12.1. The summed E-state index contributed by atoms with van der Waals surface area (Å²) < 4.78 is 34.4. The van der Waals surface area contributed by atoms with Crippen molar-refractivity contribution in [1.29, 1.82) is 0 Å². The number of fused-ring (bicyclic) bond motifs is 1. The Morgan fingerprint density at radius 1 is 1.19 bits per heavy atom. The molecule has 5 nitrogen and oxygen atoms in total. The number of aryl methyl sites for hydroxylation is 1. The fraction of sp³-hybridized carbons (Fsp3) is 0.316. The average Bonchev–Trinajstić information content (AvgIpc) is 3.03. The highest BCUT2D eigenvalue weighted by atomic mass is 32.2. The van der Waals surface area contributed by atoms with E-state index in [-0.39, 0.29) is 5.75 Å². The molecule has 0 radical (unpaired) electrons. The molecule has 0 aliphatic carbocycles. The predicted octanol–water partition coefficient (Wildman–Crippen LogP) is 4.93. The Kier molecular flexibility index (Phi) is 6.62. The van der Waals surface area contributed by atoms with Crippen LogP contribution in [0.15, 0.2) is 46.8 Å². The molecule has 1 heterocycles. The van der Waals surface area contributed by atoms with E-state index < -0.39 is 10.0 Å². The summed E-state index contributed by atoms with van der Waals surface area (Å²) in [6.07, 6.45) is 1.43. The van der Waals surface area contributed by atoms with E-state index in [9.17, 15) is 8.42 Å². The number of hydrogen-bond donors (Lipinski definition) is 1. The molecule has 3 aromatic rings. The number of unbranched alkanes of at least 4 members (excludes halogenated alkanes) is 1. The molecule has 0 aliphatic rings. The first-order valence-electron chi connectivity index (χ1n) is 8.60. The van der Waals surface area contributed by atoms with Crippen molar-refractivity contribution in [3.05, 3.63) is 48.0 Å². The number of thiazole rings is 1. The van der Waals surface area contributed by atoms with Gasteiger partial charge in [0.15, 0.2) is 4.34 Å². The second kappa shape index (κ2) is 8.95. The lowest BCUT2D eigenvalue weighted by Gasteiger charge is -2.09. The molecule has 0 unspecified atom stereocenters. The van der Waals surface area contributed by atoms with Crippen LogP contribution in [-0.4, -0.2) is 32.0 Å². The van der Waals surface area contributed by atoms with E-state index >= 15 is 0 Å². The Hall–Kier alpha value is -1.77. The molecule has 8 heteroatoms. The van der Waals surface area contributed by atoms with E-state index in [2.05, 4.69) is 34.8 Å². The minimum atomic E-state index is -3.36. The van der Waals surface area contributed by atoms with E-state index in [1.807, 2.05) is 0 Å². The summed E-state index contributed by atoms with van der Waals surface area (Å²) in [6.45, 7) is 2.06. The monoisotopic (exact) mass is 422 g/mol. The van der Waals surface area contributed by atoms with Gasteiger partial charge in [-0.25, -0.2) is 13.4 Å². The number of ether oxygens (including phenoxy) is 1. The maximum Gasteiger partial charge on any atom is 0.232 e. The van der Waals surface area contributed by atoms with Gasteiger partial charge < -0.3 is 4.74 Å². The lowest BCUT2D eigenvalue weighted by atomic mass is 10.2. The number of anilines is 1. The zero-order valence-electron chi connectivity index (χ0n) is 15.3. The first kappa shape index (κ1) is 20.0. The first-order chi connectivity index (χ1) is 12.9. The number of nitrogens with zero attached hydrogens (tertiary/aromatic N) is 1. The quantitative estimate of drug-likeness (QED) is 0.391. The third kappa shape index (κ3) is 5.85. The second-order valence-electron chi connectivity index (χ2n) is 6.16. The van der Waals surface area contributed by atoms with Gasteiger partial charge in [0.25, 0.3) is 0 Å². The topological polar surface area (TPSA) is 68.3 Å². The minimum Gasteiger partial charge on any atom is -0.497 e. The molecule has 0 saturated heterocycles. The molecule has 144 valence electrons. The largest absolute Gasteiger partial charge is 0.497 e. The standard InChI is InChI=1S/C19H22N2O3S3/c1-14-8-9-18-17(12-14)20-19(26-18)25-10-3-4-11-27(22,23)21-15-6-5-7-16(13-15)24-2/h5-9,12-13,21H,3-4,10-11H2,1-2H3. The van der Waals surface area contributed by atoms with E-state index in [4.69, 9.17) is 4.74 Å². The maximum atomic E-state index is 12.2. The van der Waals surface area contributed by atoms with Gasteiger partial charge in [0.05, 0.1) is 28.8 Å². The number of methoxy groups -OCH3 is 1. The Balaban J connectivity index is 1.44. The van der Waals surface area contributed by atoms with Gasteiger partial charge in [0, 0.05) is 11.8 Å². The highest BCUT2D eigenvalue weighted by molar-refractivity contribution is 8.01. The summed E-state index contributed by atoms with van der Waals surface area (Å²) >= 11 is 3.37. The summed E-state index contributed by atoms with van der Waals surface area (Å²) in [5, 5.41) is 0. The maximum absolute atomic E-state index is 12.2. The summed E-state index contributed by atoms with van der Waals surface area (Å²) in [5.41, 5.74) is 2.76. The summed E-state index contributed by atoms with van der Waals surface area (Å²) in [4.78, 5) is 4.63. The SMILES string of the molecule is COc1cccc(NS(=O)(=O)CCCCSc2nc3cc(C)ccc3s2)c1. The van der Waals surface area contributed by atoms with Gasteiger partial charge in [0.1, 0.15) is 5.75 Å². The molecule has 1 aromatic heterocycles. The van der Waals surface area contributed by atoms with Crippen LogP contribution in [0.2, 0.25) is 0 Å². The molecule has 1 N–H and O–H groups in total. The van der Waals surface area contributed by atoms with Gasteiger partial charge in [-0.3, -0.25) is 4.72 Å². The van der Waals surface area contributed by atoms with Crippen LogP contribution in [0.25, 0.3) is 10.2 Å². The average molecular weight is 423 g/mol. The Morgan fingerprint density at radius 2 is 2.04 bits per heavy atom. The summed E-state index contributed by atoms with van der Waals surface area (Å²) in [7, 11) is -1.80. The molecule has 0 amide bonds. The van der Waals surface area contributed by atoms with Gasteiger partial charge in [-0.1, -0.05) is 23.9 Å². The van der Waals surface area contributed by atoms with Gasteiger partial charge in [-0.2, -0.15) is 0 Å². The minimum absolute atomic E-state index is 0.101. The van der Waals surface area contributed by atoms with Gasteiger partial charge >= 0.3 is 0 Å². The molecular formula is C19H22N2O3S3. The summed E-state index contributed by atoms with van der Waals surface area (Å²) in [5.74, 6) is 1.58. The van der Waals surface area contributed by atoms with Crippen LogP contribution in [0.5, 0.6) is 5.75 Å². The van der Waals surface area contributed by atoms with Crippen molar-refractivity contribution in [2.75, 3.05) is 23.3 Å². The third-order valence-electron chi connectivity index (χ3n) is 3.90. The highest BCUT2D eigenvalue weighted by Gasteiger charge is 2.11. The lowest BCUT2D eigenvalue weighted by molar-refractivity contribution is 0.415. The fourth-order valence-corrected chi connectivity index (χ4v) is 5.84. The van der Waals surface area contributed by atoms with Gasteiger partial charge in [0.2, 0.25) is 10.0 Å². The third-order valence-corrected chi connectivity index (χ3v) is 7.54. The van der Waals surface area contributed by atoms with E-state index in [1.54, 1.807) is 54.5 Å². The molecule has 2 aromatic carbocycles. The lowest BCUT2D eigenvalue weighted by Crippen LogP contribution is -2.16. The Morgan fingerprint density at radius 3 is 2.85 bits per heavy atom. The zero-order chi connectivity index (χ0) is 19.3. The smallest absolute Gasteiger partial charge is 0.232 e. The summed E-state index contributed by atoms with van der Waals surface area (Å²) in [6, 6.07) is 13.2. The van der Waals surface area contributed by atoms with Gasteiger partial charge in [-0.05, 0) is 49.6 Å². The number of nitrogens with one attached hydrogen (secondary N) is 1. The molecule has 3 rings (SSSR count). The van der Waals surface area contributed by atoms with Crippen LogP contribution in [-0.2, 0) is 10.0 Å². The van der Waals surface area contributed by atoms with Crippen LogP contribution in [0.3, 0.4) is 0 Å². The van der Waals surface area contributed by atoms with Crippen LogP contribution in [0.4, 0.5) is 5.69 Å². The van der Waals surface area contributed by atoms with Crippen molar-refractivity contribution in [3.63, 3.8) is 0 Å². The number of aromatic nitrogens is 1. The zero-order valence-corrected chi connectivity index (χ0v) is 17.7. The number of rotatable bonds is 9. The normalized spacial score (nSPS) is 11.6. The van der Waals surface area contributed by atoms with E-state index in [0.717, 1.165) is 22.0 Å². The van der Waals surface area contributed by atoms with Crippen molar-refractivity contribution < 1.29 is 13.2 Å². The molecular weight excluding hydrogens is 400 g/mol. The molecule has 0 fully saturated rings. The molecule has 0 saturated carbocycles. The Bertz CT molecular complexity index is 1020. The highest BCUT2D eigenvalue weighted by Crippen LogP contribution is 2.30. The molecule has 0 bridgehead atoms. The van der Waals surface area contributed by atoms with Crippen LogP contribution >= 0.6 is 23.1 Å². The fourth-order valence-electron chi connectivity index (χ4n) is 2.55. The predicted molar refractivity (Wildman–Crippen MR) is 115 cm³/mol. The van der Waals surface area contributed by atoms with Crippen molar-refractivity contribution in [2.24, 2.45) is 0 Å². The van der Waals surface area contributed by atoms with Crippen LogP contribution < -0.4 is 9.46 Å². The molecule has 0 aliphatic heterocycles. The number of thioether (sulfide) groups is 1. The molecule has 0 spiro atoms. The molecule has 27 heavy (non-hydrogen) atoms. The number of sulfonamides is 1. The van der Waals surface area contributed by atoms with Crippen LogP contribution in [0.1, 0.15) is 18.4 Å². The van der Waals surface area contributed by atoms with E-state index in [0.29, 0.717) is 17.9 Å². The number of benzene rings is 2. The van der Waals surface area contributed by atoms with Crippen molar-refractivity contribution >= 4 is 49.0 Å². The number of hydrogen-bond acceptors (Lipinski definition) is 6. The van der Waals surface area contributed by atoms with E-state index in [1.165, 1.54) is 10.3 Å².